The number of hydrogen-bond donors (Lipinski definition) is 3. The molecule has 2 aliphatic heterocycles. The molecule has 4 N–H and O–H groups in total. The van der Waals surface area contributed by atoms with Gasteiger partial charge < -0.3 is 21.0 Å². The van der Waals surface area contributed by atoms with E-state index in [-0.39, 0.29) is 28.3 Å². The molecule has 12 nitrogen and oxygen atoms in total. The maximum Gasteiger partial charge on any atom is 0.352 e. The lowest BCUT2D eigenvalue weighted by atomic mass is 10.0. The maximum atomic E-state index is 13.2. The molecule has 1 aliphatic carbocycles. The Morgan fingerprint density at radius 1 is 1.42 bits per heavy atom. The molecule has 188 valence electrons. The molecule has 2 aromatic rings. The third-order valence-electron chi connectivity index (χ3n) is 5.47. The van der Waals surface area contributed by atoms with Gasteiger partial charge in [-0.2, -0.15) is 4.37 Å². The van der Waals surface area contributed by atoms with Crippen LogP contribution in [0, 0.1) is 0 Å². The van der Waals surface area contributed by atoms with Crippen molar-refractivity contribution in [3.63, 3.8) is 0 Å². The average molecular weight is 566 g/mol. The fourth-order valence-electron chi connectivity index (χ4n) is 3.79. The topological polar surface area (TPSA) is 173 Å². The molecule has 36 heavy (non-hydrogen) atoms. The van der Waals surface area contributed by atoms with Crippen LogP contribution in [0.5, 0.6) is 0 Å². The molecule has 2 aromatic heterocycles. The van der Waals surface area contributed by atoms with Gasteiger partial charge in [-0.3, -0.25) is 14.5 Å². The number of allylic oxidation sites excluding steroid dienone is 1. The number of nitrogens with one attached hydrogen (secondary N) is 1. The Kier molecular flexibility index (Phi) is 7.27. The number of fused-ring (bicyclic) bond motifs is 1. The molecule has 4 heterocycles. The van der Waals surface area contributed by atoms with Gasteiger partial charge >= 0.3 is 5.97 Å². The van der Waals surface area contributed by atoms with Crippen LogP contribution in [0.25, 0.3) is 0 Å². The van der Waals surface area contributed by atoms with Crippen molar-refractivity contribution in [2.75, 3.05) is 17.2 Å². The summed E-state index contributed by atoms with van der Waals surface area (Å²) < 4.78 is 4.65. The number of aromatic nitrogens is 3. The van der Waals surface area contributed by atoms with E-state index in [1.165, 1.54) is 46.3 Å². The average Bonchev–Trinajstić information content (AvgIpc) is 3.64. The number of carboxylic acid groups (broad SMARTS) is 1. The number of β-lactam (4-membered cyclic amide) rings is 1. The van der Waals surface area contributed by atoms with Crippen LogP contribution in [-0.4, -0.2) is 76.9 Å². The number of thiazole rings is 1. The molecule has 2 unspecified atom stereocenters. The van der Waals surface area contributed by atoms with Crippen LogP contribution in [0.2, 0.25) is 0 Å². The molecular formula is C20H19N7O5S4. The number of nitrogens with two attached hydrogens (primary N) is 1. The number of rotatable bonds is 9. The molecule has 5 rings (SSSR count). The van der Waals surface area contributed by atoms with E-state index in [0.717, 1.165) is 24.2 Å². The van der Waals surface area contributed by atoms with E-state index in [1.54, 1.807) is 5.38 Å². The van der Waals surface area contributed by atoms with Crippen molar-refractivity contribution in [3.8, 4) is 0 Å². The number of hydrogen-bond acceptors (Lipinski definition) is 13. The molecule has 0 radical (unpaired) electrons. The van der Waals surface area contributed by atoms with Crippen molar-refractivity contribution in [2.24, 2.45) is 5.16 Å². The first-order valence-corrected chi connectivity index (χ1v) is 14.3. The Balaban J connectivity index is 1.31. The number of carbonyl (C=O) groups is 3. The van der Waals surface area contributed by atoms with E-state index in [4.69, 9.17) is 10.6 Å². The summed E-state index contributed by atoms with van der Waals surface area (Å²) in [6.07, 6.45) is 6.62. The predicted octanol–water partition coefficient (Wildman–Crippen LogP) is 1.55. The first kappa shape index (κ1) is 24.7. The molecule has 2 amide bonds. The van der Waals surface area contributed by atoms with Gasteiger partial charge in [-0.25, -0.2) is 14.8 Å². The summed E-state index contributed by atoms with van der Waals surface area (Å²) in [5, 5.41) is 17.8. The van der Waals surface area contributed by atoms with E-state index in [2.05, 4.69) is 24.8 Å². The van der Waals surface area contributed by atoms with Crippen molar-refractivity contribution >= 4 is 75.0 Å². The summed E-state index contributed by atoms with van der Waals surface area (Å²) in [5.74, 6) is -1.58. The number of amides is 2. The minimum absolute atomic E-state index is 0.0521. The number of carboxylic acids is 1. The second-order valence-electron chi connectivity index (χ2n) is 7.77. The van der Waals surface area contributed by atoms with Gasteiger partial charge in [0.05, 0.1) is 0 Å². The number of nitrogens with zero attached hydrogens (tertiary/aromatic N) is 5. The van der Waals surface area contributed by atoms with Gasteiger partial charge in [0.2, 0.25) is 0 Å². The SMILES string of the molecule is Nc1nc(C(=NOC2C=CCC2)C(=O)NC2C(=O)N3C(C(=O)O)=C(CSc4ncns4)CS[C@@H]23)cs1. The Hall–Kier alpha value is -2.95. The van der Waals surface area contributed by atoms with Gasteiger partial charge in [0.1, 0.15) is 35.2 Å². The number of nitrogen functional groups attached to an aromatic ring is 1. The Morgan fingerprint density at radius 3 is 2.94 bits per heavy atom. The molecule has 16 heteroatoms. The van der Waals surface area contributed by atoms with Gasteiger partial charge in [-0.15, -0.1) is 23.1 Å². The first-order valence-electron chi connectivity index (χ1n) is 10.6. The quantitative estimate of drug-likeness (QED) is 0.132. The molecule has 0 spiro atoms. The number of oxime groups is 1. The van der Waals surface area contributed by atoms with Crippen molar-refractivity contribution in [3.05, 3.63) is 40.8 Å². The van der Waals surface area contributed by atoms with Crippen molar-refractivity contribution in [1.82, 2.24) is 24.6 Å². The number of thioether (sulfide) groups is 2. The highest BCUT2D eigenvalue weighted by Gasteiger charge is 2.54. The Bertz CT molecular complexity index is 1280. The van der Waals surface area contributed by atoms with Gasteiger partial charge in [0.15, 0.2) is 15.2 Å². The molecule has 0 saturated carbocycles. The van der Waals surface area contributed by atoms with E-state index in [0.29, 0.717) is 21.4 Å². The number of anilines is 1. The van der Waals surface area contributed by atoms with Gasteiger partial charge in [-0.05, 0) is 36.0 Å². The van der Waals surface area contributed by atoms with Gasteiger partial charge in [0.25, 0.3) is 11.8 Å². The highest BCUT2D eigenvalue weighted by molar-refractivity contribution is 8.01. The summed E-state index contributed by atoms with van der Waals surface area (Å²) in [6.45, 7) is 0. The highest BCUT2D eigenvalue weighted by atomic mass is 32.2. The zero-order valence-corrected chi connectivity index (χ0v) is 21.7. The maximum absolute atomic E-state index is 13.2. The van der Waals surface area contributed by atoms with E-state index in [9.17, 15) is 19.5 Å². The first-order chi connectivity index (χ1) is 17.4. The lowest BCUT2D eigenvalue weighted by Crippen LogP contribution is -2.71. The summed E-state index contributed by atoms with van der Waals surface area (Å²) >= 11 is 5.12. The molecular weight excluding hydrogens is 547 g/mol. The second-order valence-corrected chi connectivity index (χ2v) is 11.8. The van der Waals surface area contributed by atoms with Gasteiger partial charge in [-0.1, -0.05) is 23.0 Å². The minimum Gasteiger partial charge on any atom is -0.477 e. The number of carbonyl (C=O) groups excluding carboxylic acids is 2. The van der Waals surface area contributed by atoms with Crippen LogP contribution in [0.4, 0.5) is 5.13 Å². The Labute approximate surface area is 221 Å². The van der Waals surface area contributed by atoms with Crippen molar-refractivity contribution < 1.29 is 24.3 Å². The molecule has 1 saturated heterocycles. The van der Waals surface area contributed by atoms with E-state index >= 15 is 0 Å². The zero-order valence-electron chi connectivity index (χ0n) is 18.4. The van der Waals surface area contributed by atoms with Crippen molar-refractivity contribution in [2.45, 2.75) is 34.7 Å². The Morgan fingerprint density at radius 2 is 2.28 bits per heavy atom. The predicted molar refractivity (Wildman–Crippen MR) is 137 cm³/mol. The standard InChI is InChI=1S/C20H19N7O5S4/c21-19-24-11(7-34-19)12(26-32-10-3-1-2-4-10)15(28)25-13-16(29)27-14(18(30)31)9(5-33-17(13)27)6-35-20-22-8-23-36-20/h1,3,7-8,10,13,17H,2,4-6H2,(H2,21,24)(H,25,28)(H,30,31)/t10?,13?,17-/m0/s1. The summed E-state index contributed by atoms with van der Waals surface area (Å²) in [7, 11) is 0. The monoisotopic (exact) mass is 565 g/mol. The van der Waals surface area contributed by atoms with Crippen LogP contribution < -0.4 is 11.1 Å². The minimum atomic E-state index is -1.19. The fourth-order valence-corrected chi connectivity index (χ4v) is 7.27. The van der Waals surface area contributed by atoms with Crippen LogP contribution in [0.1, 0.15) is 18.5 Å². The van der Waals surface area contributed by atoms with E-state index in [1.807, 2.05) is 12.2 Å². The van der Waals surface area contributed by atoms with Crippen LogP contribution in [-0.2, 0) is 19.2 Å². The highest BCUT2D eigenvalue weighted by Crippen LogP contribution is 2.41. The molecule has 0 aromatic carbocycles. The lowest BCUT2D eigenvalue weighted by Gasteiger charge is -2.49. The smallest absolute Gasteiger partial charge is 0.352 e. The largest absolute Gasteiger partial charge is 0.477 e. The third-order valence-corrected chi connectivity index (χ3v) is 9.37. The zero-order chi connectivity index (χ0) is 25.2. The molecule has 3 aliphatic rings. The molecule has 3 atom stereocenters. The normalized spacial score (nSPS) is 23.4. The van der Waals surface area contributed by atoms with Crippen LogP contribution in [0.15, 0.2) is 44.6 Å². The second kappa shape index (κ2) is 10.6. The van der Waals surface area contributed by atoms with Crippen LogP contribution in [0.3, 0.4) is 0 Å². The van der Waals surface area contributed by atoms with Crippen LogP contribution >= 0.6 is 46.4 Å². The molecule has 0 bridgehead atoms. The van der Waals surface area contributed by atoms with Crippen molar-refractivity contribution in [1.29, 1.82) is 0 Å². The summed E-state index contributed by atoms with van der Waals surface area (Å²) in [4.78, 5) is 53.2. The summed E-state index contributed by atoms with van der Waals surface area (Å²) in [5.41, 5.74) is 6.43. The van der Waals surface area contributed by atoms with Gasteiger partial charge in [0, 0.05) is 16.9 Å². The fraction of sp³-hybridized carbons (Fsp3) is 0.350. The summed E-state index contributed by atoms with van der Waals surface area (Å²) in [6, 6.07) is -0.915. The third kappa shape index (κ3) is 4.98. The lowest BCUT2D eigenvalue weighted by molar-refractivity contribution is -0.150. The number of aliphatic carboxylic acids is 1. The van der Waals surface area contributed by atoms with E-state index < -0.39 is 29.2 Å². The molecule has 1 fully saturated rings.